The zero-order chi connectivity index (χ0) is 16.8. The third-order valence-electron chi connectivity index (χ3n) is 3.28. The summed E-state index contributed by atoms with van der Waals surface area (Å²) in [6.45, 7) is 2.87. The summed E-state index contributed by atoms with van der Waals surface area (Å²) in [5, 5.41) is 13.5. The van der Waals surface area contributed by atoms with Crippen LogP contribution in [0.3, 0.4) is 0 Å². The van der Waals surface area contributed by atoms with Gasteiger partial charge in [-0.2, -0.15) is 0 Å². The third kappa shape index (κ3) is 4.53. The Balaban J connectivity index is 2.06. The summed E-state index contributed by atoms with van der Waals surface area (Å²) in [6.07, 6.45) is 0. The first-order valence-corrected chi connectivity index (χ1v) is 7.84. The van der Waals surface area contributed by atoms with E-state index in [4.69, 9.17) is 0 Å². The van der Waals surface area contributed by atoms with Crippen LogP contribution in [0.2, 0.25) is 0 Å². The van der Waals surface area contributed by atoms with Gasteiger partial charge in [-0.05, 0) is 41.1 Å². The highest BCUT2D eigenvalue weighted by Crippen LogP contribution is 2.27. The van der Waals surface area contributed by atoms with Crippen molar-refractivity contribution >= 4 is 38.9 Å². The Kier molecular flexibility index (Phi) is 5.70. The van der Waals surface area contributed by atoms with E-state index < -0.39 is 4.92 Å². The van der Waals surface area contributed by atoms with Crippen LogP contribution < -0.4 is 10.2 Å². The molecule has 7 heteroatoms. The number of nitro benzene ring substituents is 1. The number of nitrogens with one attached hydrogen (secondary N) is 1. The number of para-hydroxylation sites is 1. The summed E-state index contributed by atoms with van der Waals surface area (Å²) >= 11 is 3.24. The van der Waals surface area contributed by atoms with Crippen molar-refractivity contribution in [1.29, 1.82) is 0 Å². The van der Waals surface area contributed by atoms with Crippen LogP contribution in [0.5, 0.6) is 0 Å². The van der Waals surface area contributed by atoms with Crippen LogP contribution in [0, 0.1) is 10.1 Å². The number of halogens is 1. The maximum Gasteiger partial charge on any atom is 0.270 e. The summed E-state index contributed by atoms with van der Waals surface area (Å²) in [7, 11) is 0. The number of carbonyl (C=O) groups excluding carboxylic acids is 1. The normalized spacial score (nSPS) is 10.2. The van der Waals surface area contributed by atoms with Crippen molar-refractivity contribution in [2.75, 3.05) is 23.3 Å². The van der Waals surface area contributed by atoms with Gasteiger partial charge in [-0.3, -0.25) is 14.9 Å². The summed E-state index contributed by atoms with van der Waals surface area (Å²) in [5.74, 6) is -0.190. The third-order valence-corrected chi connectivity index (χ3v) is 3.93. The second kappa shape index (κ2) is 7.73. The Morgan fingerprint density at radius 3 is 2.52 bits per heavy atom. The molecule has 0 fully saturated rings. The van der Waals surface area contributed by atoms with E-state index in [1.807, 2.05) is 42.2 Å². The molecule has 2 rings (SSSR count). The molecule has 6 nitrogen and oxygen atoms in total. The van der Waals surface area contributed by atoms with Gasteiger partial charge in [0, 0.05) is 28.8 Å². The molecule has 120 valence electrons. The number of rotatable bonds is 6. The van der Waals surface area contributed by atoms with Gasteiger partial charge in [-0.15, -0.1) is 0 Å². The average Bonchev–Trinajstić information content (AvgIpc) is 2.55. The number of amides is 1. The molecule has 0 unspecified atom stereocenters. The smallest absolute Gasteiger partial charge is 0.270 e. The fourth-order valence-corrected chi connectivity index (χ4v) is 2.57. The van der Waals surface area contributed by atoms with Crippen molar-refractivity contribution in [3.8, 4) is 0 Å². The maximum absolute atomic E-state index is 12.2. The van der Waals surface area contributed by atoms with Crippen LogP contribution in [0.4, 0.5) is 17.1 Å². The lowest BCUT2D eigenvalue weighted by Crippen LogP contribution is -2.33. The molecule has 23 heavy (non-hydrogen) atoms. The highest BCUT2D eigenvalue weighted by molar-refractivity contribution is 9.10. The van der Waals surface area contributed by atoms with Crippen LogP contribution in [0.25, 0.3) is 0 Å². The summed E-state index contributed by atoms with van der Waals surface area (Å²) in [6, 6.07) is 13.9. The van der Waals surface area contributed by atoms with E-state index in [9.17, 15) is 14.9 Å². The predicted molar refractivity (Wildman–Crippen MR) is 93.8 cm³/mol. The minimum Gasteiger partial charge on any atom is -0.362 e. The Hall–Kier alpha value is -2.41. The van der Waals surface area contributed by atoms with Gasteiger partial charge >= 0.3 is 0 Å². The van der Waals surface area contributed by atoms with E-state index >= 15 is 0 Å². The lowest BCUT2D eigenvalue weighted by Gasteiger charge is -2.22. The van der Waals surface area contributed by atoms with Gasteiger partial charge in [0.2, 0.25) is 5.91 Å². The number of hydrogen-bond acceptors (Lipinski definition) is 4. The second-order valence-corrected chi connectivity index (χ2v) is 5.67. The van der Waals surface area contributed by atoms with Gasteiger partial charge in [0.1, 0.15) is 0 Å². The van der Waals surface area contributed by atoms with Crippen molar-refractivity contribution in [2.45, 2.75) is 6.92 Å². The zero-order valence-electron chi connectivity index (χ0n) is 12.5. The van der Waals surface area contributed by atoms with Gasteiger partial charge in [-0.25, -0.2) is 0 Å². The quantitative estimate of drug-likeness (QED) is 0.613. The van der Waals surface area contributed by atoms with Crippen molar-refractivity contribution in [2.24, 2.45) is 0 Å². The number of nitro groups is 1. The van der Waals surface area contributed by atoms with Crippen LogP contribution in [0.15, 0.2) is 53.0 Å². The Bertz CT molecular complexity index is 707. The minimum absolute atomic E-state index is 0.0330. The Labute approximate surface area is 142 Å². The summed E-state index contributed by atoms with van der Waals surface area (Å²) in [4.78, 5) is 24.4. The van der Waals surface area contributed by atoms with Crippen LogP contribution in [-0.2, 0) is 4.79 Å². The molecule has 0 bridgehead atoms. The first-order chi connectivity index (χ1) is 11.0. The number of benzene rings is 2. The van der Waals surface area contributed by atoms with E-state index in [2.05, 4.69) is 21.2 Å². The van der Waals surface area contributed by atoms with E-state index in [0.29, 0.717) is 16.7 Å². The lowest BCUT2D eigenvalue weighted by molar-refractivity contribution is -0.384. The maximum atomic E-state index is 12.2. The number of non-ortho nitro benzene ring substituents is 1. The molecule has 0 spiro atoms. The molecule has 1 amide bonds. The molecule has 0 aliphatic heterocycles. The topological polar surface area (TPSA) is 75.5 Å². The molecule has 0 heterocycles. The lowest BCUT2D eigenvalue weighted by atomic mass is 10.2. The van der Waals surface area contributed by atoms with Gasteiger partial charge in [0.15, 0.2) is 0 Å². The molecule has 0 radical (unpaired) electrons. The molecule has 0 saturated heterocycles. The highest BCUT2D eigenvalue weighted by Gasteiger charge is 2.13. The fourth-order valence-electron chi connectivity index (χ4n) is 2.11. The molecule has 0 atom stereocenters. The van der Waals surface area contributed by atoms with Crippen LogP contribution in [0.1, 0.15) is 6.92 Å². The number of likely N-dealkylation sites (N-methyl/N-ethyl adjacent to an activating group) is 1. The van der Waals surface area contributed by atoms with Gasteiger partial charge < -0.3 is 10.2 Å². The number of hydrogen-bond donors (Lipinski definition) is 1. The number of carbonyl (C=O) groups is 1. The Morgan fingerprint density at radius 2 is 1.96 bits per heavy atom. The highest BCUT2D eigenvalue weighted by atomic mass is 79.9. The molecular formula is C16H16BrN3O3. The van der Waals surface area contributed by atoms with E-state index in [1.165, 1.54) is 18.2 Å². The second-order valence-electron chi connectivity index (χ2n) is 4.82. The SMILES string of the molecule is CCN(CC(=O)Nc1ccc([N+](=O)[O-])cc1Br)c1ccccc1. The van der Waals surface area contributed by atoms with Gasteiger partial charge in [-0.1, -0.05) is 18.2 Å². The predicted octanol–water partition coefficient (Wildman–Crippen LogP) is 3.82. The summed E-state index contributed by atoms with van der Waals surface area (Å²) in [5.41, 5.74) is 1.44. The zero-order valence-corrected chi connectivity index (χ0v) is 14.1. The molecular weight excluding hydrogens is 362 g/mol. The number of anilines is 2. The van der Waals surface area contributed by atoms with Crippen LogP contribution in [-0.4, -0.2) is 23.9 Å². The number of nitrogens with zero attached hydrogens (tertiary/aromatic N) is 2. The monoisotopic (exact) mass is 377 g/mol. The standard InChI is InChI=1S/C16H16BrN3O3/c1-2-19(12-6-4-3-5-7-12)11-16(21)18-15-9-8-13(20(22)23)10-14(15)17/h3-10H,2,11H2,1H3,(H,18,21). The molecule has 1 N–H and O–H groups in total. The first kappa shape index (κ1) is 17.0. The Morgan fingerprint density at radius 1 is 1.26 bits per heavy atom. The average molecular weight is 378 g/mol. The van der Waals surface area contributed by atoms with Crippen molar-refractivity contribution in [1.82, 2.24) is 0 Å². The van der Waals surface area contributed by atoms with Gasteiger partial charge in [0.25, 0.3) is 5.69 Å². The van der Waals surface area contributed by atoms with E-state index in [0.717, 1.165) is 5.69 Å². The summed E-state index contributed by atoms with van der Waals surface area (Å²) < 4.78 is 0.475. The minimum atomic E-state index is -0.482. The molecule has 2 aromatic carbocycles. The first-order valence-electron chi connectivity index (χ1n) is 7.05. The van der Waals surface area contributed by atoms with Crippen molar-refractivity contribution in [3.63, 3.8) is 0 Å². The van der Waals surface area contributed by atoms with E-state index in [1.54, 1.807) is 0 Å². The molecule has 2 aromatic rings. The molecule has 0 saturated carbocycles. The molecule has 0 aliphatic rings. The fraction of sp³-hybridized carbons (Fsp3) is 0.188. The largest absolute Gasteiger partial charge is 0.362 e. The van der Waals surface area contributed by atoms with Crippen molar-refractivity contribution in [3.05, 3.63) is 63.1 Å². The van der Waals surface area contributed by atoms with Gasteiger partial charge in [0.05, 0.1) is 17.2 Å². The molecule has 0 aliphatic carbocycles. The van der Waals surface area contributed by atoms with E-state index in [-0.39, 0.29) is 18.1 Å². The molecule has 0 aromatic heterocycles. The van der Waals surface area contributed by atoms with Crippen LogP contribution >= 0.6 is 15.9 Å². The van der Waals surface area contributed by atoms with Crippen molar-refractivity contribution < 1.29 is 9.72 Å².